The molecule has 0 N–H and O–H groups in total. The van der Waals surface area contributed by atoms with Gasteiger partial charge in [-0.1, -0.05) is 24.3 Å². The number of halogens is 2. The molecule has 8 nitrogen and oxygen atoms in total. The Bertz CT molecular complexity index is 2120. The van der Waals surface area contributed by atoms with Gasteiger partial charge in [-0.15, -0.1) is 0 Å². The van der Waals surface area contributed by atoms with Crippen molar-refractivity contribution in [1.29, 1.82) is 0 Å². The lowest BCUT2D eigenvalue weighted by atomic mass is 10.0. The van der Waals surface area contributed by atoms with E-state index in [1.165, 1.54) is 54.3 Å². The molecule has 2 heterocycles. The highest BCUT2D eigenvalue weighted by atomic mass is 32.2. The summed E-state index contributed by atoms with van der Waals surface area (Å²) in [4.78, 5) is 13.4. The van der Waals surface area contributed by atoms with Gasteiger partial charge < -0.3 is 9.30 Å². The molecular weight excluding hydrogens is 574 g/mol. The van der Waals surface area contributed by atoms with Crippen LogP contribution in [0.4, 0.5) is 8.78 Å². The Morgan fingerprint density at radius 1 is 0.878 bits per heavy atom. The summed E-state index contributed by atoms with van der Waals surface area (Å²) >= 11 is 0. The molecule has 41 heavy (non-hydrogen) atoms. The third kappa shape index (κ3) is 5.40. The van der Waals surface area contributed by atoms with Gasteiger partial charge in [0.25, 0.3) is 15.6 Å². The number of pyridine rings is 1. The van der Waals surface area contributed by atoms with Gasteiger partial charge in [-0.05, 0) is 54.4 Å². The van der Waals surface area contributed by atoms with Gasteiger partial charge in [-0.2, -0.15) is 0 Å². The number of sulfone groups is 1. The van der Waals surface area contributed by atoms with Gasteiger partial charge in [-0.3, -0.25) is 4.79 Å². The number of rotatable bonds is 7. The summed E-state index contributed by atoms with van der Waals surface area (Å²) in [7, 11) is -6.18. The predicted molar refractivity (Wildman–Crippen MR) is 151 cm³/mol. The maximum Gasteiger partial charge on any atom is 0.275 e. The molecular formula is C29H24F2N2O6S2. The third-order valence-corrected chi connectivity index (χ3v) is 9.19. The largest absolute Gasteiger partial charge is 0.454 e. The molecule has 0 spiro atoms. The lowest BCUT2D eigenvalue weighted by Gasteiger charge is -2.16. The van der Waals surface area contributed by atoms with Gasteiger partial charge in [0.2, 0.25) is 0 Å². The van der Waals surface area contributed by atoms with E-state index in [4.69, 9.17) is 4.74 Å². The Morgan fingerprint density at radius 3 is 2.27 bits per heavy atom. The van der Waals surface area contributed by atoms with E-state index in [0.29, 0.717) is 22.8 Å². The van der Waals surface area contributed by atoms with Crippen molar-refractivity contribution in [3.63, 3.8) is 0 Å². The molecule has 5 aromatic rings. The van der Waals surface area contributed by atoms with Crippen molar-refractivity contribution in [1.82, 2.24) is 8.54 Å². The molecule has 0 saturated carbocycles. The van der Waals surface area contributed by atoms with E-state index < -0.39 is 37.1 Å². The maximum absolute atomic E-state index is 14.5. The van der Waals surface area contributed by atoms with Crippen molar-refractivity contribution in [2.45, 2.75) is 17.6 Å². The van der Waals surface area contributed by atoms with E-state index in [2.05, 4.69) is 0 Å². The van der Waals surface area contributed by atoms with Gasteiger partial charge >= 0.3 is 0 Å². The molecule has 0 aliphatic heterocycles. The minimum atomic E-state index is -4.18. The zero-order valence-electron chi connectivity index (χ0n) is 22.1. The summed E-state index contributed by atoms with van der Waals surface area (Å²) in [5.74, 6) is -2.29. The second-order valence-electron chi connectivity index (χ2n) is 9.68. The Balaban J connectivity index is 1.78. The molecule has 0 radical (unpaired) electrons. The van der Waals surface area contributed by atoms with Crippen LogP contribution < -0.4 is 10.3 Å². The molecule has 0 unspecified atom stereocenters. The summed E-state index contributed by atoms with van der Waals surface area (Å²) in [5.41, 5.74) is 0.734. The number of fused-ring (bicyclic) bond motifs is 1. The first-order valence-electron chi connectivity index (χ1n) is 12.2. The van der Waals surface area contributed by atoms with Crippen LogP contribution in [0.15, 0.2) is 88.8 Å². The summed E-state index contributed by atoms with van der Waals surface area (Å²) in [6, 6.07) is 15.1. The molecule has 212 valence electrons. The average molecular weight is 599 g/mol. The Hall–Kier alpha value is -4.29. The lowest BCUT2D eigenvalue weighted by Crippen LogP contribution is -2.22. The van der Waals surface area contributed by atoms with Crippen LogP contribution in [0.1, 0.15) is 11.1 Å². The average Bonchev–Trinajstić information content (AvgIpc) is 3.34. The predicted octanol–water partition coefficient (Wildman–Crippen LogP) is 5.17. The van der Waals surface area contributed by atoms with E-state index in [1.54, 1.807) is 25.1 Å². The van der Waals surface area contributed by atoms with Crippen LogP contribution >= 0.6 is 0 Å². The van der Waals surface area contributed by atoms with Crippen molar-refractivity contribution in [2.24, 2.45) is 7.05 Å². The number of ether oxygens (including phenoxy) is 1. The van der Waals surface area contributed by atoms with E-state index in [0.717, 1.165) is 22.4 Å². The topological polar surface area (TPSA) is 104 Å². The molecule has 0 amide bonds. The first kappa shape index (κ1) is 28.2. The van der Waals surface area contributed by atoms with Crippen molar-refractivity contribution < 1.29 is 30.4 Å². The molecule has 2 aromatic heterocycles. The third-order valence-electron chi connectivity index (χ3n) is 6.50. The molecule has 3 aromatic carbocycles. The van der Waals surface area contributed by atoms with Crippen LogP contribution in [0.25, 0.3) is 22.0 Å². The summed E-state index contributed by atoms with van der Waals surface area (Å²) in [6.45, 7) is 1.65. The quantitative estimate of drug-likeness (QED) is 0.256. The molecule has 0 aliphatic rings. The van der Waals surface area contributed by atoms with Crippen LogP contribution in [-0.2, 0) is 32.7 Å². The van der Waals surface area contributed by atoms with Gasteiger partial charge in [-0.25, -0.2) is 29.6 Å². The van der Waals surface area contributed by atoms with Gasteiger partial charge in [0.1, 0.15) is 17.1 Å². The normalized spacial score (nSPS) is 12.1. The summed E-state index contributed by atoms with van der Waals surface area (Å²) < 4.78 is 87.4. The zero-order chi connectivity index (χ0) is 29.7. The minimum absolute atomic E-state index is 0.0240. The van der Waals surface area contributed by atoms with E-state index in [1.807, 2.05) is 0 Å². The van der Waals surface area contributed by atoms with Crippen molar-refractivity contribution in [3.05, 3.63) is 112 Å². The van der Waals surface area contributed by atoms with E-state index >= 15 is 0 Å². The van der Waals surface area contributed by atoms with Gasteiger partial charge in [0, 0.05) is 48.3 Å². The number of aryl methyl sites for hydroxylation is 2. The van der Waals surface area contributed by atoms with Crippen LogP contribution in [0.3, 0.4) is 0 Å². The molecule has 0 atom stereocenters. The minimum Gasteiger partial charge on any atom is -0.454 e. The number of hydrogen-bond acceptors (Lipinski definition) is 6. The highest BCUT2D eigenvalue weighted by Crippen LogP contribution is 2.39. The summed E-state index contributed by atoms with van der Waals surface area (Å²) in [6.07, 6.45) is 3.81. The molecule has 0 bridgehead atoms. The van der Waals surface area contributed by atoms with Crippen molar-refractivity contribution in [2.75, 3.05) is 6.26 Å². The highest BCUT2D eigenvalue weighted by molar-refractivity contribution is 7.90. The second-order valence-corrected chi connectivity index (χ2v) is 13.6. The van der Waals surface area contributed by atoms with Gasteiger partial charge in [0.15, 0.2) is 21.4 Å². The zero-order valence-corrected chi connectivity index (χ0v) is 23.8. The smallest absolute Gasteiger partial charge is 0.275 e. The number of hydrogen-bond donors (Lipinski definition) is 0. The Morgan fingerprint density at radius 2 is 1.59 bits per heavy atom. The Labute approximate surface area is 235 Å². The Kier molecular flexibility index (Phi) is 7.08. The monoisotopic (exact) mass is 598 g/mol. The molecule has 5 rings (SSSR count). The SMILES string of the molecule is Cc1ccccc1S(=O)(=O)n1ccc2c(-c3cc(CS(C)(=O)=O)ccc3Oc3ccc(F)cc3F)cn(C)c(=O)c21. The van der Waals surface area contributed by atoms with Gasteiger partial charge in [0.05, 0.1) is 10.6 Å². The second kappa shape index (κ2) is 10.3. The molecule has 0 saturated heterocycles. The standard InChI is InChI=1S/C29H24F2N2O6S2/c1-18-6-4-5-7-27(18)41(37,38)33-13-12-21-23(16-32(2)29(34)28(21)33)22-14-19(17-40(3,35)36)8-10-25(22)39-26-11-9-20(30)15-24(26)31/h4-16H,17H2,1-3H3. The molecule has 12 heteroatoms. The lowest BCUT2D eigenvalue weighted by molar-refractivity contribution is 0.439. The van der Waals surface area contributed by atoms with Crippen LogP contribution in [0.5, 0.6) is 11.5 Å². The summed E-state index contributed by atoms with van der Waals surface area (Å²) in [5, 5.41) is 0.242. The van der Waals surface area contributed by atoms with E-state index in [9.17, 15) is 30.4 Å². The van der Waals surface area contributed by atoms with Crippen LogP contribution in [0.2, 0.25) is 0 Å². The fraction of sp³-hybridized carbons (Fsp3) is 0.138. The van der Waals surface area contributed by atoms with Crippen LogP contribution in [0, 0.1) is 18.6 Å². The van der Waals surface area contributed by atoms with Crippen LogP contribution in [-0.4, -0.2) is 31.6 Å². The van der Waals surface area contributed by atoms with Crippen molar-refractivity contribution in [3.8, 4) is 22.6 Å². The van der Waals surface area contributed by atoms with E-state index in [-0.39, 0.29) is 38.6 Å². The first-order chi connectivity index (χ1) is 19.3. The number of aromatic nitrogens is 2. The number of nitrogens with zero attached hydrogens (tertiary/aromatic N) is 2. The fourth-order valence-corrected chi connectivity index (χ4v) is 7.00. The fourth-order valence-electron chi connectivity index (χ4n) is 4.64. The molecule has 0 aliphatic carbocycles. The maximum atomic E-state index is 14.5. The molecule has 0 fully saturated rings. The first-order valence-corrected chi connectivity index (χ1v) is 15.7. The highest BCUT2D eigenvalue weighted by Gasteiger charge is 2.25. The van der Waals surface area contributed by atoms with Crippen molar-refractivity contribution >= 4 is 30.8 Å². The number of benzene rings is 3.